The summed E-state index contributed by atoms with van der Waals surface area (Å²) in [5.74, 6) is -1.04. The Kier molecular flexibility index (Phi) is 13.1. The minimum absolute atomic E-state index is 0.117. The molecule has 1 heterocycles. The second kappa shape index (κ2) is 15.8. The van der Waals surface area contributed by atoms with Crippen LogP contribution >= 0.6 is 0 Å². The van der Waals surface area contributed by atoms with Gasteiger partial charge in [-0.1, -0.05) is 83.2 Å². The molecule has 5 N–H and O–H groups in total. The van der Waals surface area contributed by atoms with Gasteiger partial charge in [-0.05, 0) is 49.5 Å². The quantitative estimate of drug-likeness (QED) is 0.154. The molecular weight excluding hydrogens is 498 g/mol. The Morgan fingerprint density at radius 2 is 1.67 bits per heavy atom. The Bertz CT molecular complexity index is 803. The van der Waals surface area contributed by atoms with Crippen molar-refractivity contribution in [3.63, 3.8) is 0 Å². The van der Waals surface area contributed by atoms with Gasteiger partial charge in [0.15, 0.2) is 24.7 Å². The number of rotatable bonds is 16. The van der Waals surface area contributed by atoms with E-state index < -0.39 is 36.9 Å². The molecular formula is C31H53NO7. The zero-order chi connectivity index (χ0) is 28.4. The van der Waals surface area contributed by atoms with Gasteiger partial charge in [-0.25, -0.2) is 0 Å². The highest BCUT2D eigenvalue weighted by molar-refractivity contribution is 5.14. The van der Waals surface area contributed by atoms with Crippen molar-refractivity contribution in [2.45, 2.75) is 135 Å². The minimum atomic E-state index is -1.72. The number of likely N-dealkylation sites (tertiary alicyclic amines) is 1. The van der Waals surface area contributed by atoms with Crippen molar-refractivity contribution in [1.82, 2.24) is 4.90 Å². The Labute approximate surface area is 235 Å². The molecule has 0 spiro atoms. The van der Waals surface area contributed by atoms with Crippen molar-refractivity contribution in [1.29, 1.82) is 0 Å². The number of ether oxygens (including phenoxy) is 2. The summed E-state index contributed by atoms with van der Waals surface area (Å²) in [7, 11) is 0. The van der Waals surface area contributed by atoms with Crippen LogP contribution in [0.3, 0.4) is 0 Å². The van der Waals surface area contributed by atoms with E-state index in [-0.39, 0.29) is 24.7 Å². The molecule has 1 aromatic rings. The van der Waals surface area contributed by atoms with E-state index in [1.165, 1.54) is 24.8 Å². The molecule has 1 saturated carbocycles. The molecule has 1 aliphatic carbocycles. The second-order valence-electron chi connectivity index (χ2n) is 12.1. The number of aliphatic hydroxyl groups is 5. The van der Waals surface area contributed by atoms with E-state index in [0.29, 0.717) is 31.7 Å². The summed E-state index contributed by atoms with van der Waals surface area (Å²) in [6.45, 7) is 6.16. The predicted octanol–water partition coefficient (Wildman–Crippen LogP) is 4.12. The van der Waals surface area contributed by atoms with Gasteiger partial charge in [-0.3, -0.25) is 4.90 Å². The first-order valence-corrected chi connectivity index (χ1v) is 15.2. The molecule has 8 heteroatoms. The van der Waals surface area contributed by atoms with Crippen LogP contribution in [-0.4, -0.2) is 73.9 Å². The topological polar surface area (TPSA) is 123 Å². The Hall–Kier alpha value is -1.10. The number of unbranched alkanes of at least 4 members (excludes halogenated alkanes) is 1. The molecule has 0 aromatic heterocycles. The summed E-state index contributed by atoms with van der Waals surface area (Å²) >= 11 is 0. The van der Waals surface area contributed by atoms with Crippen LogP contribution in [0.5, 0.6) is 0 Å². The molecule has 224 valence electrons. The third kappa shape index (κ3) is 10.0. The molecule has 0 bridgehead atoms. The van der Waals surface area contributed by atoms with Gasteiger partial charge in [0, 0.05) is 25.3 Å². The van der Waals surface area contributed by atoms with Crippen molar-refractivity contribution in [3.8, 4) is 0 Å². The second-order valence-corrected chi connectivity index (χ2v) is 12.1. The fraction of sp³-hybridized carbons (Fsp3) is 0.806. The maximum atomic E-state index is 11.8. The van der Waals surface area contributed by atoms with Crippen molar-refractivity contribution in [2.24, 2.45) is 17.8 Å². The molecule has 1 saturated heterocycles. The monoisotopic (exact) mass is 551 g/mol. The molecule has 3 rings (SSSR count). The third-order valence-electron chi connectivity index (χ3n) is 8.61. The van der Waals surface area contributed by atoms with E-state index in [9.17, 15) is 25.5 Å². The number of benzene rings is 1. The minimum Gasteiger partial charge on any atom is -0.378 e. The van der Waals surface area contributed by atoms with Gasteiger partial charge in [0.25, 0.3) is 0 Å². The van der Waals surface area contributed by atoms with Gasteiger partial charge < -0.3 is 35.0 Å². The molecule has 1 aliphatic heterocycles. The van der Waals surface area contributed by atoms with Gasteiger partial charge in [-0.2, -0.15) is 0 Å². The lowest BCUT2D eigenvalue weighted by molar-refractivity contribution is -0.342. The van der Waals surface area contributed by atoms with Crippen molar-refractivity contribution in [2.75, 3.05) is 6.54 Å². The summed E-state index contributed by atoms with van der Waals surface area (Å²) in [6, 6.07) is 9.58. The summed E-state index contributed by atoms with van der Waals surface area (Å²) in [6.07, 6.45) is 4.90. The highest BCUT2D eigenvalue weighted by Crippen LogP contribution is 2.40. The van der Waals surface area contributed by atoms with E-state index in [4.69, 9.17) is 9.47 Å². The molecule has 0 radical (unpaired) electrons. The molecule has 1 aromatic carbocycles. The van der Waals surface area contributed by atoms with Crippen LogP contribution in [0, 0.1) is 17.8 Å². The first-order chi connectivity index (χ1) is 18.6. The molecule has 39 heavy (non-hydrogen) atoms. The summed E-state index contributed by atoms with van der Waals surface area (Å²) < 4.78 is 11.8. The number of hydrogen-bond donors (Lipinski definition) is 5. The van der Waals surface area contributed by atoms with Crippen LogP contribution in [0.1, 0.15) is 97.0 Å². The summed E-state index contributed by atoms with van der Waals surface area (Å²) in [4.78, 5) is 1.74. The first-order valence-electron chi connectivity index (χ1n) is 15.2. The maximum absolute atomic E-state index is 11.8. The van der Waals surface area contributed by atoms with E-state index in [1.807, 2.05) is 32.0 Å². The fourth-order valence-corrected chi connectivity index (χ4v) is 6.28. The van der Waals surface area contributed by atoms with Crippen LogP contribution in [0.15, 0.2) is 30.3 Å². The largest absolute Gasteiger partial charge is 0.378 e. The molecule has 2 aliphatic rings. The van der Waals surface area contributed by atoms with Crippen molar-refractivity contribution in [3.05, 3.63) is 35.9 Å². The van der Waals surface area contributed by atoms with Crippen LogP contribution < -0.4 is 0 Å². The zero-order valence-corrected chi connectivity index (χ0v) is 24.2. The number of aryl methyl sites for hydroxylation is 1. The van der Waals surface area contributed by atoms with Crippen LogP contribution in [0.25, 0.3) is 0 Å². The Morgan fingerprint density at radius 1 is 0.974 bits per heavy atom. The highest BCUT2D eigenvalue weighted by atomic mass is 16.8. The first kappa shape index (κ1) is 32.4. The van der Waals surface area contributed by atoms with Gasteiger partial charge >= 0.3 is 0 Å². The third-order valence-corrected chi connectivity index (χ3v) is 8.61. The van der Waals surface area contributed by atoms with E-state index >= 15 is 0 Å². The van der Waals surface area contributed by atoms with Gasteiger partial charge in [0.1, 0.15) is 6.23 Å². The lowest BCUT2D eigenvalue weighted by atomic mass is 9.79. The smallest absolute Gasteiger partial charge is 0.172 e. The van der Waals surface area contributed by atoms with Crippen LogP contribution in [0.2, 0.25) is 0 Å². The van der Waals surface area contributed by atoms with E-state index in [1.54, 1.807) is 11.8 Å². The van der Waals surface area contributed by atoms with Gasteiger partial charge in [0.05, 0.1) is 6.04 Å². The molecule has 2 fully saturated rings. The predicted molar refractivity (Wildman–Crippen MR) is 150 cm³/mol. The van der Waals surface area contributed by atoms with Crippen molar-refractivity contribution < 1.29 is 35.0 Å². The molecule has 0 amide bonds. The number of hydrogen-bond acceptors (Lipinski definition) is 8. The van der Waals surface area contributed by atoms with Crippen LogP contribution in [-0.2, 0) is 15.9 Å². The molecule has 6 atom stereocenters. The average Bonchev–Trinajstić information content (AvgIpc) is 3.38. The maximum Gasteiger partial charge on any atom is 0.172 e. The SMILES string of the molecule is CC[C@H](O)O[C@@H](O[C@](O)(CCCCc1ccccc1)C[C@@H](O)N1C[C@H](C2CCCCC2)C[C@H]1C(O)O)C(C)C. The van der Waals surface area contributed by atoms with Gasteiger partial charge in [-0.15, -0.1) is 0 Å². The lowest BCUT2D eigenvalue weighted by Crippen LogP contribution is -2.51. The normalized spacial score (nSPS) is 25.2. The lowest BCUT2D eigenvalue weighted by Gasteiger charge is -2.39. The molecule has 8 nitrogen and oxygen atoms in total. The standard InChI is InChI=1S/C31H53NO7/c1-4-28(34)38-30(22(2)3)39-31(37,18-12-11-15-23-13-7-5-8-14-23)20-27(33)32-21-25(19-26(32)29(35)36)24-16-9-6-10-17-24/h5,7-8,13-14,22,24-30,33-37H,4,6,9-12,15-21H2,1-3H3/t25-,26+,27-,28-,30+,31-/m1/s1. The molecule has 0 unspecified atom stereocenters. The van der Waals surface area contributed by atoms with Crippen LogP contribution in [0.4, 0.5) is 0 Å². The number of aliphatic hydroxyl groups excluding tert-OH is 3. The van der Waals surface area contributed by atoms with Gasteiger partial charge in [0.2, 0.25) is 0 Å². The van der Waals surface area contributed by atoms with E-state index in [0.717, 1.165) is 25.7 Å². The number of nitrogens with zero attached hydrogens (tertiary/aromatic N) is 1. The Balaban J connectivity index is 1.70. The fourth-order valence-electron chi connectivity index (χ4n) is 6.28. The highest BCUT2D eigenvalue weighted by Gasteiger charge is 2.45. The average molecular weight is 552 g/mol. The van der Waals surface area contributed by atoms with E-state index in [2.05, 4.69) is 12.1 Å². The Morgan fingerprint density at radius 3 is 2.28 bits per heavy atom. The zero-order valence-electron chi connectivity index (χ0n) is 24.2. The summed E-state index contributed by atoms with van der Waals surface area (Å²) in [5.41, 5.74) is 1.22. The van der Waals surface area contributed by atoms with Crippen molar-refractivity contribution >= 4 is 0 Å². The summed E-state index contributed by atoms with van der Waals surface area (Å²) in [5, 5.41) is 53.7.